The van der Waals surface area contributed by atoms with Gasteiger partial charge in [0.25, 0.3) is 0 Å². The van der Waals surface area contributed by atoms with Crippen LogP contribution in [-0.2, 0) is 9.59 Å². The molecule has 0 aromatic heterocycles. The molecule has 0 heterocycles. The van der Waals surface area contributed by atoms with Crippen molar-refractivity contribution in [2.45, 2.75) is 12.1 Å². The smallest absolute Gasteiger partial charge is 0.322 e. The second-order valence-corrected chi connectivity index (χ2v) is 5.52. The van der Waals surface area contributed by atoms with Crippen molar-refractivity contribution in [3.05, 3.63) is 0 Å². The Balaban J connectivity index is 3.61. The minimum atomic E-state index is -1.06. The molecule has 9 heteroatoms. The second kappa shape index (κ2) is 8.22. The Kier molecular flexibility index (Phi) is 8.24. The van der Waals surface area contributed by atoms with Crippen LogP contribution in [-0.4, -0.2) is 45.7 Å². The van der Waals surface area contributed by atoms with E-state index in [9.17, 15) is 9.59 Å². The number of hydrogen-bond donors (Lipinski definition) is 4. The summed E-state index contributed by atoms with van der Waals surface area (Å²) in [6.45, 7) is 0. The van der Waals surface area contributed by atoms with Crippen LogP contribution < -0.4 is 10.1 Å². The van der Waals surface area contributed by atoms with E-state index in [2.05, 4.69) is 20.5 Å². The average Bonchev–Trinajstić information content (AvgIpc) is 2.16. The van der Waals surface area contributed by atoms with Crippen LogP contribution in [0.1, 0.15) is 0 Å². The molecule has 0 spiro atoms. The lowest BCUT2D eigenvalue weighted by molar-refractivity contribution is -0.139. The Morgan fingerprint density at radius 2 is 1.80 bits per heavy atom. The highest BCUT2D eigenvalue weighted by molar-refractivity contribution is 9.08. The Bertz CT molecular complexity index is 231. The standard InChI is InChI=1S/C6H11BrN2O4S2/c7-9-4(6(12)13)2-15-14-1-3(8)5(10)11/h3-4,9H,1-2,8H2,(H,10,11)(H,12,13)/t3-,4-/m0/s1. The molecule has 0 amide bonds. The number of aliphatic carboxylic acids is 2. The number of halogens is 1. The van der Waals surface area contributed by atoms with Crippen molar-refractivity contribution in [1.29, 1.82) is 0 Å². The molecule has 0 unspecified atom stereocenters. The third-order valence-electron chi connectivity index (χ3n) is 1.31. The third-order valence-corrected chi connectivity index (χ3v) is 4.31. The van der Waals surface area contributed by atoms with Gasteiger partial charge in [0.15, 0.2) is 0 Å². The molecule has 0 aromatic rings. The van der Waals surface area contributed by atoms with Gasteiger partial charge in [-0.15, -0.1) is 0 Å². The molecule has 0 radical (unpaired) electrons. The maximum absolute atomic E-state index is 10.5. The van der Waals surface area contributed by atoms with Gasteiger partial charge in [-0.25, -0.2) is 4.34 Å². The lowest BCUT2D eigenvalue weighted by atomic mass is 10.4. The lowest BCUT2D eigenvalue weighted by Gasteiger charge is -2.09. The monoisotopic (exact) mass is 318 g/mol. The summed E-state index contributed by atoms with van der Waals surface area (Å²) in [6.07, 6.45) is 0. The summed E-state index contributed by atoms with van der Waals surface area (Å²) < 4.78 is 2.44. The molecule has 5 N–H and O–H groups in total. The van der Waals surface area contributed by atoms with E-state index < -0.39 is 24.0 Å². The first-order chi connectivity index (χ1) is 6.99. The van der Waals surface area contributed by atoms with Crippen LogP contribution in [0.2, 0.25) is 0 Å². The first-order valence-electron chi connectivity index (χ1n) is 3.80. The molecular weight excluding hydrogens is 308 g/mol. The van der Waals surface area contributed by atoms with Crippen molar-refractivity contribution in [2.75, 3.05) is 11.5 Å². The lowest BCUT2D eigenvalue weighted by Crippen LogP contribution is -2.33. The summed E-state index contributed by atoms with van der Waals surface area (Å²) in [6, 6.07) is -1.62. The number of carboxylic acids is 2. The Morgan fingerprint density at radius 3 is 2.20 bits per heavy atom. The van der Waals surface area contributed by atoms with Gasteiger partial charge < -0.3 is 15.9 Å². The molecule has 0 bridgehead atoms. The summed E-state index contributed by atoms with van der Waals surface area (Å²) in [5.41, 5.74) is 5.25. The summed E-state index contributed by atoms with van der Waals surface area (Å²) >= 11 is 2.85. The molecule has 0 fully saturated rings. The van der Waals surface area contributed by atoms with E-state index in [4.69, 9.17) is 15.9 Å². The van der Waals surface area contributed by atoms with Crippen LogP contribution in [0.5, 0.6) is 0 Å². The van der Waals surface area contributed by atoms with Gasteiger partial charge in [-0.3, -0.25) is 9.59 Å². The van der Waals surface area contributed by atoms with Crippen molar-refractivity contribution in [3.63, 3.8) is 0 Å². The molecule has 0 aliphatic carbocycles. The van der Waals surface area contributed by atoms with Crippen LogP contribution in [0.4, 0.5) is 0 Å². The van der Waals surface area contributed by atoms with Crippen molar-refractivity contribution >= 4 is 49.7 Å². The maximum atomic E-state index is 10.5. The van der Waals surface area contributed by atoms with Crippen LogP contribution in [0.25, 0.3) is 0 Å². The third kappa shape index (κ3) is 7.01. The fraction of sp³-hybridized carbons (Fsp3) is 0.667. The molecule has 0 aliphatic rings. The van der Waals surface area contributed by atoms with Crippen molar-refractivity contribution in [2.24, 2.45) is 5.73 Å². The first kappa shape index (κ1) is 15.0. The molecular formula is C6H11BrN2O4S2. The van der Waals surface area contributed by atoms with Crippen LogP contribution >= 0.6 is 37.7 Å². The minimum absolute atomic E-state index is 0.245. The largest absolute Gasteiger partial charge is 0.480 e. The van der Waals surface area contributed by atoms with E-state index in [1.165, 1.54) is 21.6 Å². The molecule has 0 aliphatic heterocycles. The molecule has 15 heavy (non-hydrogen) atoms. The van der Waals surface area contributed by atoms with Crippen molar-refractivity contribution < 1.29 is 19.8 Å². The van der Waals surface area contributed by atoms with E-state index in [1.807, 2.05) is 0 Å². The topological polar surface area (TPSA) is 113 Å². The Morgan fingerprint density at radius 1 is 1.27 bits per heavy atom. The fourth-order valence-electron chi connectivity index (χ4n) is 0.458. The Hall–Kier alpha value is 0.0400. The highest BCUT2D eigenvalue weighted by atomic mass is 79.9. The van der Waals surface area contributed by atoms with Gasteiger partial charge in [-0.1, -0.05) is 21.6 Å². The number of rotatable bonds is 8. The second-order valence-electron chi connectivity index (χ2n) is 2.51. The summed E-state index contributed by atoms with van der Waals surface area (Å²) in [5.74, 6) is -1.47. The van der Waals surface area contributed by atoms with E-state index in [-0.39, 0.29) is 5.75 Å². The summed E-state index contributed by atoms with van der Waals surface area (Å²) in [4.78, 5) is 20.9. The van der Waals surface area contributed by atoms with Gasteiger partial charge >= 0.3 is 11.9 Å². The van der Waals surface area contributed by atoms with Gasteiger partial charge in [0, 0.05) is 27.7 Å². The SMILES string of the molecule is N[C@@H](CSSC[C@H](NBr)C(=O)O)C(=O)O. The normalized spacial score (nSPS) is 14.5. The number of carbonyl (C=O) groups is 2. The van der Waals surface area contributed by atoms with Crippen LogP contribution in [0.15, 0.2) is 0 Å². The van der Waals surface area contributed by atoms with Gasteiger partial charge in [-0.2, -0.15) is 0 Å². The highest BCUT2D eigenvalue weighted by Crippen LogP contribution is 2.22. The Labute approximate surface area is 103 Å². The number of carboxylic acid groups (broad SMARTS) is 2. The molecule has 0 aromatic carbocycles. The molecule has 2 atom stereocenters. The fourth-order valence-corrected chi connectivity index (χ4v) is 3.30. The van der Waals surface area contributed by atoms with E-state index in [0.717, 1.165) is 0 Å². The number of nitrogens with one attached hydrogen (secondary N) is 1. The van der Waals surface area contributed by atoms with Gasteiger partial charge in [0.05, 0.1) is 0 Å². The first-order valence-corrected chi connectivity index (χ1v) is 7.09. The van der Waals surface area contributed by atoms with Crippen molar-refractivity contribution in [1.82, 2.24) is 4.34 Å². The molecule has 6 nitrogen and oxygen atoms in total. The quantitative estimate of drug-likeness (QED) is 0.284. The van der Waals surface area contributed by atoms with E-state index in [1.54, 1.807) is 0 Å². The summed E-state index contributed by atoms with van der Waals surface area (Å²) in [5, 5.41) is 17.1. The highest BCUT2D eigenvalue weighted by Gasteiger charge is 2.16. The van der Waals surface area contributed by atoms with E-state index >= 15 is 0 Å². The number of hydrogen-bond acceptors (Lipinski definition) is 6. The number of nitrogens with two attached hydrogens (primary N) is 1. The van der Waals surface area contributed by atoms with Gasteiger partial charge in [-0.05, 0) is 0 Å². The average molecular weight is 319 g/mol. The van der Waals surface area contributed by atoms with Crippen LogP contribution in [0, 0.1) is 0 Å². The summed E-state index contributed by atoms with van der Waals surface area (Å²) in [7, 11) is 2.50. The maximum Gasteiger partial charge on any atom is 0.322 e. The molecule has 0 saturated heterocycles. The molecule has 0 saturated carbocycles. The van der Waals surface area contributed by atoms with Gasteiger partial charge in [0.2, 0.25) is 0 Å². The minimum Gasteiger partial charge on any atom is -0.480 e. The predicted molar refractivity (Wildman–Crippen MR) is 64.0 cm³/mol. The zero-order valence-corrected chi connectivity index (χ0v) is 10.8. The van der Waals surface area contributed by atoms with E-state index in [0.29, 0.717) is 5.75 Å². The molecule has 88 valence electrons. The predicted octanol–water partition coefficient (Wildman–Crippen LogP) is 0.132. The van der Waals surface area contributed by atoms with Gasteiger partial charge in [0.1, 0.15) is 12.1 Å². The molecule has 0 rings (SSSR count). The van der Waals surface area contributed by atoms with Crippen LogP contribution in [0.3, 0.4) is 0 Å². The zero-order valence-electron chi connectivity index (χ0n) is 7.55. The van der Waals surface area contributed by atoms with Crippen molar-refractivity contribution in [3.8, 4) is 0 Å². The zero-order chi connectivity index (χ0) is 11.8.